The average molecular weight is 219 g/mol. The predicted molar refractivity (Wildman–Crippen MR) is 71.6 cm³/mol. The van der Waals surface area contributed by atoms with Gasteiger partial charge in [-0.2, -0.15) is 0 Å². The van der Waals surface area contributed by atoms with Crippen LogP contribution in [0.15, 0.2) is 30.3 Å². The summed E-state index contributed by atoms with van der Waals surface area (Å²) in [6, 6.07) is 10.9. The Labute approximate surface area is 100 Å². The monoisotopic (exact) mass is 219 g/mol. The van der Waals surface area contributed by atoms with Crippen molar-refractivity contribution in [2.45, 2.75) is 51.4 Å². The van der Waals surface area contributed by atoms with Crippen LogP contribution < -0.4 is 5.73 Å². The van der Waals surface area contributed by atoms with Gasteiger partial charge in [0.15, 0.2) is 0 Å². The standard InChI is InChI=1S/C15H25N/c1-3-11-15(2,12-7-8-13-16)14-9-5-4-6-10-14/h4-6,9-10H,3,7-8,11-13,16H2,1-2H3. The Kier molecular flexibility index (Phi) is 5.54. The highest BCUT2D eigenvalue weighted by atomic mass is 14.5. The Bertz CT molecular complexity index is 281. The summed E-state index contributed by atoms with van der Waals surface area (Å²) in [6.07, 6.45) is 6.14. The van der Waals surface area contributed by atoms with E-state index in [2.05, 4.69) is 44.2 Å². The molecular formula is C15H25N. The molecule has 0 spiro atoms. The fraction of sp³-hybridized carbons (Fsp3) is 0.600. The molecule has 0 aliphatic heterocycles. The molecule has 0 saturated carbocycles. The van der Waals surface area contributed by atoms with E-state index in [-0.39, 0.29) is 0 Å². The number of benzene rings is 1. The van der Waals surface area contributed by atoms with Crippen LogP contribution in [0, 0.1) is 0 Å². The molecule has 1 atom stereocenters. The number of unbranched alkanes of at least 4 members (excludes halogenated alkanes) is 1. The van der Waals surface area contributed by atoms with Gasteiger partial charge in [0.1, 0.15) is 0 Å². The third-order valence-electron chi connectivity index (χ3n) is 3.46. The smallest absolute Gasteiger partial charge is 0.00753 e. The second-order valence-electron chi connectivity index (χ2n) is 4.92. The molecule has 1 rings (SSSR count). The summed E-state index contributed by atoms with van der Waals surface area (Å²) in [5.74, 6) is 0. The highest BCUT2D eigenvalue weighted by Gasteiger charge is 2.24. The van der Waals surface area contributed by atoms with Crippen molar-refractivity contribution in [2.75, 3.05) is 6.54 Å². The van der Waals surface area contributed by atoms with Gasteiger partial charge in [-0.1, -0.05) is 57.0 Å². The van der Waals surface area contributed by atoms with E-state index in [1.54, 1.807) is 0 Å². The van der Waals surface area contributed by atoms with Crippen molar-refractivity contribution in [3.05, 3.63) is 35.9 Å². The topological polar surface area (TPSA) is 26.0 Å². The zero-order valence-corrected chi connectivity index (χ0v) is 10.7. The summed E-state index contributed by atoms with van der Waals surface area (Å²) >= 11 is 0. The Hall–Kier alpha value is -0.820. The lowest BCUT2D eigenvalue weighted by molar-refractivity contribution is 0.381. The van der Waals surface area contributed by atoms with Crippen LogP contribution in [-0.4, -0.2) is 6.54 Å². The van der Waals surface area contributed by atoms with Gasteiger partial charge in [0.25, 0.3) is 0 Å². The quantitative estimate of drug-likeness (QED) is 0.692. The molecule has 0 fully saturated rings. The van der Waals surface area contributed by atoms with Crippen LogP contribution in [0.5, 0.6) is 0 Å². The second-order valence-corrected chi connectivity index (χ2v) is 4.92. The average Bonchev–Trinajstić information content (AvgIpc) is 2.31. The lowest BCUT2D eigenvalue weighted by Gasteiger charge is -2.30. The molecule has 1 heteroatoms. The van der Waals surface area contributed by atoms with E-state index in [1.807, 2.05) is 0 Å². The van der Waals surface area contributed by atoms with Crippen molar-refractivity contribution in [2.24, 2.45) is 5.73 Å². The minimum atomic E-state index is 0.338. The van der Waals surface area contributed by atoms with Gasteiger partial charge < -0.3 is 5.73 Å². The van der Waals surface area contributed by atoms with Gasteiger partial charge in [-0.05, 0) is 36.8 Å². The Morgan fingerprint density at radius 2 is 1.75 bits per heavy atom. The zero-order chi connectivity index (χ0) is 11.9. The fourth-order valence-electron chi connectivity index (χ4n) is 2.47. The van der Waals surface area contributed by atoms with Crippen LogP contribution >= 0.6 is 0 Å². The van der Waals surface area contributed by atoms with Crippen molar-refractivity contribution in [1.29, 1.82) is 0 Å². The van der Waals surface area contributed by atoms with Crippen LogP contribution in [0.25, 0.3) is 0 Å². The van der Waals surface area contributed by atoms with E-state index >= 15 is 0 Å². The Morgan fingerprint density at radius 3 is 2.31 bits per heavy atom. The maximum Gasteiger partial charge on any atom is -0.00753 e. The van der Waals surface area contributed by atoms with Crippen molar-refractivity contribution in [3.63, 3.8) is 0 Å². The molecule has 0 aliphatic rings. The Balaban J connectivity index is 2.71. The van der Waals surface area contributed by atoms with Crippen molar-refractivity contribution >= 4 is 0 Å². The molecule has 2 N–H and O–H groups in total. The second kappa shape index (κ2) is 6.70. The van der Waals surface area contributed by atoms with Gasteiger partial charge in [0, 0.05) is 0 Å². The summed E-state index contributed by atoms with van der Waals surface area (Å²) in [6.45, 7) is 5.48. The molecule has 0 aromatic heterocycles. The van der Waals surface area contributed by atoms with E-state index in [0.29, 0.717) is 5.41 Å². The molecule has 1 unspecified atom stereocenters. The normalized spacial score (nSPS) is 14.7. The number of hydrogen-bond donors (Lipinski definition) is 1. The molecule has 0 radical (unpaired) electrons. The first-order valence-corrected chi connectivity index (χ1v) is 6.48. The van der Waals surface area contributed by atoms with Crippen molar-refractivity contribution < 1.29 is 0 Å². The van der Waals surface area contributed by atoms with E-state index < -0.39 is 0 Å². The van der Waals surface area contributed by atoms with Gasteiger partial charge in [0.05, 0.1) is 0 Å². The van der Waals surface area contributed by atoms with Crippen LogP contribution in [0.1, 0.15) is 51.5 Å². The zero-order valence-electron chi connectivity index (χ0n) is 10.7. The molecule has 0 aliphatic carbocycles. The molecule has 90 valence electrons. The van der Waals surface area contributed by atoms with Crippen LogP contribution in [-0.2, 0) is 5.41 Å². The van der Waals surface area contributed by atoms with Gasteiger partial charge in [-0.3, -0.25) is 0 Å². The summed E-state index contributed by atoms with van der Waals surface area (Å²) in [7, 11) is 0. The minimum absolute atomic E-state index is 0.338. The summed E-state index contributed by atoms with van der Waals surface area (Å²) in [5, 5.41) is 0. The van der Waals surface area contributed by atoms with E-state index in [1.165, 1.54) is 31.2 Å². The van der Waals surface area contributed by atoms with Crippen LogP contribution in [0.2, 0.25) is 0 Å². The first-order valence-electron chi connectivity index (χ1n) is 6.48. The van der Waals surface area contributed by atoms with Crippen molar-refractivity contribution in [1.82, 2.24) is 0 Å². The number of rotatable bonds is 7. The largest absolute Gasteiger partial charge is 0.330 e. The molecule has 1 aromatic carbocycles. The molecular weight excluding hydrogens is 194 g/mol. The SMILES string of the molecule is CCCC(C)(CCCCN)c1ccccc1. The summed E-state index contributed by atoms with van der Waals surface area (Å²) in [5.41, 5.74) is 7.39. The first kappa shape index (κ1) is 13.2. The van der Waals surface area contributed by atoms with Gasteiger partial charge in [0.2, 0.25) is 0 Å². The lowest BCUT2D eigenvalue weighted by atomic mass is 9.75. The van der Waals surface area contributed by atoms with E-state index in [0.717, 1.165) is 13.0 Å². The number of hydrogen-bond acceptors (Lipinski definition) is 1. The van der Waals surface area contributed by atoms with E-state index in [4.69, 9.17) is 5.73 Å². The van der Waals surface area contributed by atoms with Crippen molar-refractivity contribution in [3.8, 4) is 0 Å². The predicted octanol–water partition coefficient (Wildman–Crippen LogP) is 3.87. The summed E-state index contributed by atoms with van der Waals surface area (Å²) in [4.78, 5) is 0. The Morgan fingerprint density at radius 1 is 1.06 bits per heavy atom. The molecule has 0 amide bonds. The third kappa shape index (κ3) is 3.64. The first-order chi connectivity index (χ1) is 7.73. The van der Waals surface area contributed by atoms with Crippen LogP contribution in [0.4, 0.5) is 0 Å². The maximum absolute atomic E-state index is 5.57. The minimum Gasteiger partial charge on any atom is -0.330 e. The number of nitrogens with two attached hydrogens (primary N) is 1. The van der Waals surface area contributed by atoms with Gasteiger partial charge in [-0.25, -0.2) is 0 Å². The molecule has 1 aromatic rings. The van der Waals surface area contributed by atoms with E-state index in [9.17, 15) is 0 Å². The molecule has 16 heavy (non-hydrogen) atoms. The molecule has 0 bridgehead atoms. The highest BCUT2D eigenvalue weighted by molar-refractivity contribution is 5.24. The molecule has 0 heterocycles. The lowest BCUT2D eigenvalue weighted by Crippen LogP contribution is -2.22. The van der Waals surface area contributed by atoms with Gasteiger partial charge in [-0.15, -0.1) is 0 Å². The highest BCUT2D eigenvalue weighted by Crippen LogP contribution is 2.33. The van der Waals surface area contributed by atoms with Gasteiger partial charge >= 0.3 is 0 Å². The fourth-order valence-corrected chi connectivity index (χ4v) is 2.47. The van der Waals surface area contributed by atoms with Crippen LogP contribution in [0.3, 0.4) is 0 Å². The summed E-state index contributed by atoms with van der Waals surface area (Å²) < 4.78 is 0. The third-order valence-corrected chi connectivity index (χ3v) is 3.46. The molecule has 0 saturated heterocycles. The molecule has 1 nitrogen and oxygen atoms in total. The maximum atomic E-state index is 5.57.